The molecule has 0 aliphatic carbocycles. The summed E-state index contributed by atoms with van der Waals surface area (Å²) in [4.78, 5) is 0. The number of halogens is 7. The van der Waals surface area contributed by atoms with Crippen molar-refractivity contribution >= 4 is 15.9 Å². The molecule has 11 heteroatoms. The maximum Gasteiger partial charge on any atom is 0.430 e. The van der Waals surface area contributed by atoms with Crippen LogP contribution in [0.1, 0.15) is 35.6 Å². The van der Waals surface area contributed by atoms with Gasteiger partial charge in [-0.2, -0.15) is 26.3 Å². The minimum Gasteiger partial charge on any atom is -0.488 e. The largest absolute Gasteiger partial charge is 0.488 e. The lowest BCUT2D eigenvalue weighted by Crippen LogP contribution is -2.56. The molecule has 0 heterocycles. The summed E-state index contributed by atoms with van der Waals surface area (Å²) < 4.78 is 105. The smallest absolute Gasteiger partial charge is 0.430 e. The molecule has 3 aromatic carbocycles. The number of aryl methyl sites for hydroxylation is 2. The standard InChI is InChI=1S/C29H29BrF6O4/c1-3-7-22-16-23(27(28(31,32)33,29(34,35)36)39-19-37-2)11-13-25(22)40-24-12-10-21(14-15-30)26(17-24)38-18-20-8-5-4-6-9-20/h4-6,8-13,16-17H,3,7,14-15,18-19H2,1-2H3. The molecular formula is C29H29BrF6O4. The number of hydrogen-bond donors (Lipinski definition) is 0. The van der Waals surface area contributed by atoms with Gasteiger partial charge in [-0.1, -0.05) is 71.7 Å². The maximum atomic E-state index is 14.0. The molecule has 0 amide bonds. The summed E-state index contributed by atoms with van der Waals surface area (Å²) in [6, 6.07) is 17.3. The first-order chi connectivity index (χ1) is 19.0. The molecule has 0 radical (unpaired) electrons. The highest BCUT2D eigenvalue weighted by atomic mass is 79.9. The van der Waals surface area contributed by atoms with E-state index in [4.69, 9.17) is 9.47 Å². The Morgan fingerprint density at radius 2 is 1.48 bits per heavy atom. The third-order valence-electron chi connectivity index (χ3n) is 6.05. The van der Waals surface area contributed by atoms with E-state index in [1.54, 1.807) is 19.1 Å². The molecule has 0 saturated heterocycles. The van der Waals surface area contributed by atoms with Gasteiger partial charge in [0.2, 0.25) is 0 Å². The van der Waals surface area contributed by atoms with Crippen molar-refractivity contribution in [2.45, 2.75) is 50.7 Å². The SMILES string of the molecule is CCCc1cc(C(OCOC)(C(F)(F)F)C(F)(F)F)ccc1Oc1ccc(CCBr)c(OCc2ccccc2)c1. The molecule has 218 valence electrons. The van der Waals surface area contributed by atoms with Crippen LogP contribution < -0.4 is 9.47 Å². The molecule has 0 spiro atoms. The van der Waals surface area contributed by atoms with E-state index >= 15 is 0 Å². The van der Waals surface area contributed by atoms with Crippen molar-refractivity contribution in [1.82, 2.24) is 0 Å². The van der Waals surface area contributed by atoms with Gasteiger partial charge in [-0.15, -0.1) is 0 Å². The Labute approximate surface area is 237 Å². The van der Waals surface area contributed by atoms with Crippen LogP contribution in [0, 0.1) is 0 Å². The van der Waals surface area contributed by atoms with Crippen molar-refractivity contribution < 1.29 is 45.3 Å². The van der Waals surface area contributed by atoms with Gasteiger partial charge in [0.1, 0.15) is 30.6 Å². The van der Waals surface area contributed by atoms with E-state index in [1.807, 2.05) is 36.4 Å². The third kappa shape index (κ3) is 7.30. The summed E-state index contributed by atoms with van der Waals surface area (Å²) in [6.07, 6.45) is -10.4. The Bertz CT molecular complexity index is 1220. The lowest BCUT2D eigenvalue weighted by Gasteiger charge is -2.37. The van der Waals surface area contributed by atoms with Crippen LogP contribution in [0.2, 0.25) is 0 Å². The van der Waals surface area contributed by atoms with Crippen LogP contribution in [0.4, 0.5) is 26.3 Å². The molecule has 0 bridgehead atoms. The van der Waals surface area contributed by atoms with Gasteiger partial charge in [0, 0.05) is 24.1 Å². The summed E-state index contributed by atoms with van der Waals surface area (Å²) in [5, 5.41) is 0.683. The Morgan fingerprint density at radius 1 is 0.775 bits per heavy atom. The number of hydrogen-bond acceptors (Lipinski definition) is 4. The fraction of sp³-hybridized carbons (Fsp3) is 0.379. The number of benzene rings is 3. The summed E-state index contributed by atoms with van der Waals surface area (Å²) in [5.41, 5.74) is -3.67. The molecule has 0 aliphatic rings. The predicted octanol–water partition coefficient (Wildman–Crippen LogP) is 8.89. The lowest BCUT2D eigenvalue weighted by molar-refractivity contribution is -0.400. The molecule has 0 fully saturated rings. The van der Waals surface area contributed by atoms with Gasteiger partial charge in [-0.05, 0) is 47.7 Å². The van der Waals surface area contributed by atoms with Crippen molar-refractivity contribution in [3.05, 3.63) is 89.0 Å². The molecule has 0 aromatic heterocycles. The average molecular weight is 635 g/mol. The van der Waals surface area contributed by atoms with E-state index in [2.05, 4.69) is 25.4 Å². The highest BCUT2D eigenvalue weighted by molar-refractivity contribution is 9.09. The van der Waals surface area contributed by atoms with E-state index in [9.17, 15) is 26.3 Å². The molecule has 3 rings (SSSR count). The van der Waals surface area contributed by atoms with Gasteiger partial charge >= 0.3 is 12.4 Å². The molecule has 0 atom stereocenters. The van der Waals surface area contributed by atoms with Crippen LogP contribution in [0.3, 0.4) is 0 Å². The van der Waals surface area contributed by atoms with E-state index in [0.717, 1.165) is 36.4 Å². The molecule has 0 unspecified atom stereocenters. The summed E-state index contributed by atoms with van der Waals surface area (Å²) in [7, 11) is 0.942. The van der Waals surface area contributed by atoms with Crippen molar-refractivity contribution in [2.24, 2.45) is 0 Å². The fourth-order valence-corrected chi connectivity index (χ4v) is 4.58. The van der Waals surface area contributed by atoms with Crippen molar-refractivity contribution in [3.8, 4) is 17.2 Å². The molecule has 0 N–H and O–H groups in total. The molecule has 40 heavy (non-hydrogen) atoms. The number of ether oxygens (including phenoxy) is 4. The summed E-state index contributed by atoms with van der Waals surface area (Å²) in [6.45, 7) is 0.837. The topological polar surface area (TPSA) is 36.9 Å². The number of alkyl halides is 7. The zero-order valence-corrected chi connectivity index (χ0v) is 23.5. The van der Waals surface area contributed by atoms with E-state index in [-0.39, 0.29) is 17.7 Å². The van der Waals surface area contributed by atoms with Crippen LogP contribution in [0.5, 0.6) is 17.2 Å². The Morgan fingerprint density at radius 3 is 2.08 bits per heavy atom. The zero-order valence-electron chi connectivity index (χ0n) is 21.9. The van der Waals surface area contributed by atoms with Crippen LogP contribution in [-0.2, 0) is 34.5 Å². The van der Waals surface area contributed by atoms with E-state index in [1.165, 1.54) is 0 Å². The quantitative estimate of drug-likeness (QED) is 0.107. The second kappa shape index (κ2) is 13.7. The molecule has 0 saturated carbocycles. The average Bonchev–Trinajstić information content (AvgIpc) is 2.89. The second-order valence-corrected chi connectivity index (χ2v) is 9.68. The first-order valence-electron chi connectivity index (χ1n) is 12.4. The van der Waals surface area contributed by atoms with Gasteiger partial charge in [0.25, 0.3) is 5.60 Å². The van der Waals surface area contributed by atoms with Gasteiger partial charge in [-0.3, -0.25) is 0 Å². The second-order valence-electron chi connectivity index (χ2n) is 8.88. The Kier molecular flexibility index (Phi) is 10.9. The maximum absolute atomic E-state index is 14.0. The lowest BCUT2D eigenvalue weighted by atomic mass is 9.89. The summed E-state index contributed by atoms with van der Waals surface area (Å²) >= 11 is 3.42. The minimum atomic E-state index is -5.81. The zero-order chi connectivity index (χ0) is 29.4. The molecular weight excluding hydrogens is 606 g/mol. The highest BCUT2D eigenvalue weighted by Crippen LogP contribution is 2.53. The summed E-state index contributed by atoms with van der Waals surface area (Å²) in [5.74, 6) is 0.994. The van der Waals surface area contributed by atoms with Gasteiger partial charge in [-0.25, -0.2) is 0 Å². The first kappa shape index (κ1) is 31.8. The van der Waals surface area contributed by atoms with Gasteiger partial charge < -0.3 is 18.9 Å². The normalized spacial score (nSPS) is 12.4. The van der Waals surface area contributed by atoms with Crippen LogP contribution in [0.25, 0.3) is 0 Å². The number of methoxy groups -OCH3 is 1. The fourth-order valence-electron chi connectivity index (χ4n) is 4.15. The van der Waals surface area contributed by atoms with Crippen LogP contribution in [0.15, 0.2) is 66.7 Å². The van der Waals surface area contributed by atoms with Crippen molar-refractivity contribution in [2.75, 3.05) is 19.2 Å². The molecule has 3 aromatic rings. The molecule has 4 nitrogen and oxygen atoms in total. The first-order valence-corrected chi connectivity index (χ1v) is 13.5. The highest BCUT2D eigenvalue weighted by Gasteiger charge is 2.73. The monoisotopic (exact) mass is 634 g/mol. The Balaban J connectivity index is 2.00. The number of rotatable bonds is 13. The predicted molar refractivity (Wildman–Crippen MR) is 142 cm³/mol. The molecule has 0 aliphatic heterocycles. The Hall–Kier alpha value is -2.76. The van der Waals surface area contributed by atoms with E-state index < -0.39 is 30.3 Å². The van der Waals surface area contributed by atoms with Gasteiger partial charge in [0.05, 0.1) is 0 Å². The van der Waals surface area contributed by atoms with Crippen molar-refractivity contribution in [3.63, 3.8) is 0 Å². The van der Waals surface area contributed by atoms with Crippen molar-refractivity contribution in [1.29, 1.82) is 0 Å². The van der Waals surface area contributed by atoms with E-state index in [0.29, 0.717) is 36.3 Å². The van der Waals surface area contributed by atoms with Gasteiger partial charge in [0.15, 0.2) is 0 Å². The van der Waals surface area contributed by atoms with Crippen LogP contribution >= 0.6 is 15.9 Å². The van der Waals surface area contributed by atoms with Crippen LogP contribution in [-0.4, -0.2) is 31.6 Å². The minimum absolute atomic E-state index is 0.123. The third-order valence-corrected chi connectivity index (χ3v) is 6.44.